The molecule has 1 aliphatic rings. The molecule has 0 aliphatic carbocycles. The van der Waals surface area contributed by atoms with Crippen LogP contribution in [-0.4, -0.2) is 48.2 Å². The molecule has 0 N–H and O–H groups in total. The van der Waals surface area contributed by atoms with Crippen molar-refractivity contribution in [2.24, 2.45) is 0 Å². The number of thioether (sulfide) groups is 1. The van der Waals surface area contributed by atoms with Gasteiger partial charge >= 0.3 is 0 Å². The van der Waals surface area contributed by atoms with Gasteiger partial charge < -0.3 is 9.64 Å². The summed E-state index contributed by atoms with van der Waals surface area (Å²) < 4.78 is 6.02. The lowest BCUT2D eigenvalue weighted by Gasteiger charge is -2.27. The molecule has 0 aromatic rings. The molecule has 1 fully saturated rings. The molecule has 1 rings (SSSR count). The molecule has 3 heteroatoms. The predicted molar refractivity (Wildman–Crippen MR) is 91.8 cm³/mol. The first-order valence-electron chi connectivity index (χ1n) is 8.46. The monoisotopic (exact) mass is 301 g/mol. The van der Waals surface area contributed by atoms with E-state index >= 15 is 0 Å². The molecule has 1 heterocycles. The number of likely N-dealkylation sites (tertiary alicyclic amines) is 1. The summed E-state index contributed by atoms with van der Waals surface area (Å²) in [5.41, 5.74) is 0.0376. The number of ether oxygens (including phenoxy) is 1. The molecule has 0 spiro atoms. The Bertz CT molecular complexity index is 245. The summed E-state index contributed by atoms with van der Waals surface area (Å²) in [5.74, 6) is 1.08. The molecule has 1 aliphatic heterocycles. The van der Waals surface area contributed by atoms with Gasteiger partial charge in [0.1, 0.15) is 0 Å². The van der Waals surface area contributed by atoms with E-state index in [2.05, 4.69) is 31.9 Å². The van der Waals surface area contributed by atoms with E-state index in [1.54, 1.807) is 0 Å². The summed E-state index contributed by atoms with van der Waals surface area (Å²) in [4.78, 5) is 2.72. The van der Waals surface area contributed by atoms with E-state index in [-0.39, 0.29) is 5.60 Å². The lowest BCUT2D eigenvalue weighted by molar-refractivity contribution is -0.00275. The van der Waals surface area contributed by atoms with Crippen LogP contribution in [0.3, 0.4) is 0 Å². The fourth-order valence-corrected chi connectivity index (χ4v) is 3.92. The highest BCUT2D eigenvalue weighted by molar-refractivity contribution is 7.98. The predicted octanol–water partition coefficient (Wildman–Crippen LogP) is 4.58. The van der Waals surface area contributed by atoms with Gasteiger partial charge in [-0.25, -0.2) is 0 Å². The van der Waals surface area contributed by atoms with Gasteiger partial charge in [0.15, 0.2) is 0 Å². The second-order valence-corrected chi connectivity index (χ2v) is 7.59. The highest BCUT2D eigenvalue weighted by atomic mass is 32.2. The average Bonchev–Trinajstić information content (AvgIpc) is 2.83. The van der Waals surface area contributed by atoms with Crippen LogP contribution in [0.25, 0.3) is 0 Å². The van der Waals surface area contributed by atoms with Crippen molar-refractivity contribution in [1.82, 2.24) is 4.90 Å². The maximum absolute atomic E-state index is 6.02. The summed E-state index contributed by atoms with van der Waals surface area (Å²) in [6.07, 6.45) is 11.6. The zero-order valence-electron chi connectivity index (χ0n) is 14.1. The minimum atomic E-state index is 0.0376. The van der Waals surface area contributed by atoms with Crippen LogP contribution in [-0.2, 0) is 4.74 Å². The zero-order valence-corrected chi connectivity index (χ0v) is 14.9. The van der Waals surface area contributed by atoms with E-state index in [0.29, 0.717) is 0 Å². The number of nitrogens with zero attached hydrogens (tertiary/aromatic N) is 1. The molecule has 2 nitrogen and oxygen atoms in total. The lowest BCUT2D eigenvalue weighted by Crippen LogP contribution is -2.31. The lowest BCUT2D eigenvalue weighted by atomic mass is 10.1. The van der Waals surface area contributed by atoms with Crippen molar-refractivity contribution in [2.75, 3.05) is 31.7 Å². The topological polar surface area (TPSA) is 12.5 Å². The van der Waals surface area contributed by atoms with Gasteiger partial charge in [-0.1, -0.05) is 19.8 Å². The Kier molecular flexibility index (Phi) is 9.23. The van der Waals surface area contributed by atoms with Gasteiger partial charge in [-0.05, 0) is 65.3 Å². The summed E-state index contributed by atoms with van der Waals surface area (Å²) >= 11 is 1.87. The zero-order chi connectivity index (χ0) is 14.8. The third kappa shape index (κ3) is 7.33. The Labute approximate surface area is 131 Å². The van der Waals surface area contributed by atoms with Gasteiger partial charge in [-0.15, -0.1) is 0 Å². The van der Waals surface area contributed by atoms with Gasteiger partial charge in [0, 0.05) is 18.4 Å². The molecule has 0 aromatic carbocycles. The van der Waals surface area contributed by atoms with E-state index in [9.17, 15) is 0 Å². The normalized spacial score (nSPS) is 20.7. The van der Waals surface area contributed by atoms with Crippen molar-refractivity contribution in [3.05, 3.63) is 0 Å². The van der Waals surface area contributed by atoms with Crippen molar-refractivity contribution in [1.29, 1.82) is 0 Å². The minimum absolute atomic E-state index is 0.0376. The second-order valence-electron chi connectivity index (χ2n) is 6.72. The van der Waals surface area contributed by atoms with Crippen molar-refractivity contribution >= 4 is 11.8 Å². The number of rotatable bonds is 11. The Morgan fingerprint density at radius 2 is 2.05 bits per heavy atom. The van der Waals surface area contributed by atoms with Crippen LogP contribution < -0.4 is 0 Å². The second kappa shape index (κ2) is 10.1. The van der Waals surface area contributed by atoms with Crippen LogP contribution >= 0.6 is 11.8 Å². The van der Waals surface area contributed by atoms with E-state index < -0.39 is 0 Å². The molecule has 0 aromatic heterocycles. The Morgan fingerprint density at radius 1 is 1.25 bits per heavy atom. The van der Waals surface area contributed by atoms with Crippen LogP contribution in [0.15, 0.2) is 0 Å². The Balaban J connectivity index is 2.14. The third-order valence-electron chi connectivity index (χ3n) is 4.21. The highest BCUT2D eigenvalue weighted by Gasteiger charge is 2.23. The van der Waals surface area contributed by atoms with Gasteiger partial charge in [-0.3, -0.25) is 0 Å². The molecule has 1 atom stereocenters. The maximum atomic E-state index is 6.02. The Hall–Kier alpha value is 0.270. The summed E-state index contributed by atoms with van der Waals surface area (Å²) in [6.45, 7) is 10.3. The molecule has 0 amide bonds. The van der Waals surface area contributed by atoms with Crippen molar-refractivity contribution < 1.29 is 4.74 Å². The molecule has 1 unspecified atom stereocenters. The quantitative estimate of drug-likeness (QED) is 0.518. The number of hydrogen-bond acceptors (Lipinski definition) is 3. The van der Waals surface area contributed by atoms with Crippen LogP contribution in [0.5, 0.6) is 0 Å². The van der Waals surface area contributed by atoms with Crippen molar-refractivity contribution in [2.45, 2.75) is 77.4 Å². The molecule has 0 bridgehead atoms. The standard InChI is InChI=1S/C17H35NOS/c1-5-6-7-12-18-13-8-10-16(18)11-9-14-19-17(2,3)15-20-4/h16H,5-15H2,1-4H3. The van der Waals surface area contributed by atoms with Crippen molar-refractivity contribution in [3.63, 3.8) is 0 Å². The van der Waals surface area contributed by atoms with E-state index in [0.717, 1.165) is 18.4 Å². The summed E-state index contributed by atoms with van der Waals surface area (Å²) in [7, 11) is 0. The van der Waals surface area contributed by atoms with E-state index in [1.807, 2.05) is 11.8 Å². The summed E-state index contributed by atoms with van der Waals surface area (Å²) in [5, 5.41) is 0. The van der Waals surface area contributed by atoms with Crippen LogP contribution in [0.1, 0.15) is 65.7 Å². The minimum Gasteiger partial charge on any atom is -0.375 e. The van der Waals surface area contributed by atoms with Crippen LogP contribution in [0, 0.1) is 0 Å². The van der Waals surface area contributed by atoms with Gasteiger partial charge in [0.2, 0.25) is 0 Å². The fourth-order valence-electron chi connectivity index (χ4n) is 3.14. The molecule has 120 valence electrons. The van der Waals surface area contributed by atoms with Crippen LogP contribution in [0.2, 0.25) is 0 Å². The van der Waals surface area contributed by atoms with Crippen LogP contribution in [0.4, 0.5) is 0 Å². The third-order valence-corrected chi connectivity index (χ3v) is 5.20. The number of unbranched alkanes of at least 4 members (excludes halogenated alkanes) is 2. The molecule has 0 radical (unpaired) electrons. The average molecular weight is 302 g/mol. The first-order valence-corrected chi connectivity index (χ1v) is 9.85. The summed E-state index contributed by atoms with van der Waals surface area (Å²) in [6, 6.07) is 0.833. The van der Waals surface area contributed by atoms with Gasteiger partial charge in [-0.2, -0.15) is 11.8 Å². The molecule has 0 saturated carbocycles. The van der Waals surface area contributed by atoms with Gasteiger partial charge in [0.05, 0.1) is 5.60 Å². The van der Waals surface area contributed by atoms with E-state index in [1.165, 1.54) is 58.0 Å². The SMILES string of the molecule is CCCCCN1CCCC1CCCOC(C)(C)CSC. The Morgan fingerprint density at radius 3 is 2.75 bits per heavy atom. The molecule has 1 saturated heterocycles. The first kappa shape index (κ1) is 18.3. The van der Waals surface area contributed by atoms with Crippen molar-refractivity contribution in [3.8, 4) is 0 Å². The number of hydrogen-bond donors (Lipinski definition) is 0. The first-order chi connectivity index (χ1) is 9.59. The smallest absolute Gasteiger partial charge is 0.0716 e. The molecule has 20 heavy (non-hydrogen) atoms. The largest absolute Gasteiger partial charge is 0.375 e. The maximum Gasteiger partial charge on any atom is 0.0716 e. The molecular formula is C17H35NOS. The molecular weight excluding hydrogens is 266 g/mol. The van der Waals surface area contributed by atoms with E-state index in [4.69, 9.17) is 4.74 Å². The fraction of sp³-hybridized carbons (Fsp3) is 1.00. The highest BCUT2D eigenvalue weighted by Crippen LogP contribution is 2.23. The van der Waals surface area contributed by atoms with Gasteiger partial charge in [0.25, 0.3) is 0 Å².